The van der Waals surface area contributed by atoms with Crippen LogP contribution in [0.15, 0.2) is 71.7 Å². The molecule has 0 saturated heterocycles. The van der Waals surface area contributed by atoms with Crippen molar-refractivity contribution in [2.45, 2.75) is 17.4 Å². The summed E-state index contributed by atoms with van der Waals surface area (Å²) in [6, 6.07) is 11.1. The third-order valence-electron chi connectivity index (χ3n) is 5.46. The first-order valence-corrected chi connectivity index (χ1v) is 10.7. The van der Waals surface area contributed by atoms with E-state index in [-0.39, 0.29) is 28.8 Å². The fourth-order valence-corrected chi connectivity index (χ4v) is 5.36. The lowest BCUT2D eigenvalue weighted by Crippen LogP contribution is -2.34. The first-order chi connectivity index (χ1) is 13.9. The Kier molecular flexibility index (Phi) is 5.02. The van der Waals surface area contributed by atoms with Crippen molar-refractivity contribution in [1.29, 1.82) is 0 Å². The molecule has 0 amide bonds. The Hall–Kier alpha value is -2.90. The summed E-state index contributed by atoms with van der Waals surface area (Å²) in [5, 5.41) is 9.06. The number of benzene rings is 2. The Balaban J connectivity index is 1.75. The molecule has 2 unspecified atom stereocenters. The van der Waals surface area contributed by atoms with Gasteiger partial charge in [0.25, 0.3) is 0 Å². The molecule has 29 heavy (non-hydrogen) atoms. The number of hydrogen-bond acceptors (Lipinski definition) is 4. The van der Waals surface area contributed by atoms with Crippen molar-refractivity contribution in [1.82, 2.24) is 4.31 Å². The predicted octanol–water partition coefficient (Wildman–Crippen LogP) is 3.42. The molecule has 1 aliphatic heterocycles. The van der Waals surface area contributed by atoms with E-state index in [9.17, 15) is 13.2 Å². The lowest BCUT2D eigenvalue weighted by molar-refractivity contribution is 0.0696. The van der Waals surface area contributed by atoms with Crippen molar-refractivity contribution >= 4 is 16.0 Å². The van der Waals surface area contributed by atoms with E-state index in [2.05, 4.69) is 6.08 Å². The van der Waals surface area contributed by atoms with Crippen LogP contribution in [0.1, 0.15) is 27.4 Å². The van der Waals surface area contributed by atoms with Crippen molar-refractivity contribution in [3.63, 3.8) is 0 Å². The molecule has 2 aliphatic rings. The minimum absolute atomic E-state index is 0.00132. The van der Waals surface area contributed by atoms with Gasteiger partial charge in [0.2, 0.25) is 10.0 Å². The highest BCUT2D eigenvalue weighted by Crippen LogP contribution is 2.39. The first-order valence-electron chi connectivity index (χ1n) is 9.25. The van der Waals surface area contributed by atoms with Crippen molar-refractivity contribution in [3.05, 3.63) is 83.5 Å². The van der Waals surface area contributed by atoms with E-state index in [1.807, 2.05) is 36.4 Å². The quantitative estimate of drug-likeness (QED) is 0.833. The van der Waals surface area contributed by atoms with Gasteiger partial charge in [-0.05, 0) is 47.5 Å². The van der Waals surface area contributed by atoms with E-state index >= 15 is 0 Å². The molecule has 0 fully saturated rings. The molecule has 0 radical (unpaired) electrons. The minimum atomic E-state index is -3.79. The zero-order chi connectivity index (χ0) is 20.6. The molecule has 1 heterocycles. The standard InChI is InChI=1S/C22H21NO5S/c1-28-18-9-6-17-14-23(13-16-4-2-3-5-20(16)21(17)12-18)29(26,27)19-10-7-15(8-11-19)22(24)25/h2-12,16,20H,13-14H2,1H3,(H,24,25). The van der Waals surface area contributed by atoms with Crippen molar-refractivity contribution in [3.8, 4) is 5.75 Å². The highest BCUT2D eigenvalue weighted by molar-refractivity contribution is 7.89. The van der Waals surface area contributed by atoms with Crippen molar-refractivity contribution < 1.29 is 23.1 Å². The molecule has 1 aliphatic carbocycles. The van der Waals surface area contributed by atoms with E-state index in [1.54, 1.807) is 7.11 Å². The van der Waals surface area contributed by atoms with Gasteiger partial charge in [0, 0.05) is 24.9 Å². The predicted molar refractivity (Wildman–Crippen MR) is 109 cm³/mol. The number of methoxy groups -OCH3 is 1. The third-order valence-corrected chi connectivity index (χ3v) is 7.29. The lowest BCUT2D eigenvalue weighted by atomic mass is 9.82. The maximum Gasteiger partial charge on any atom is 0.335 e. The van der Waals surface area contributed by atoms with Gasteiger partial charge in [-0.1, -0.05) is 30.4 Å². The molecule has 0 aromatic heterocycles. The second-order valence-corrected chi connectivity index (χ2v) is 9.09. The van der Waals surface area contributed by atoms with Gasteiger partial charge in [-0.25, -0.2) is 13.2 Å². The third kappa shape index (κ3) is 3.59. The van der Waals surface area contributed by atoms with Gasteiger partial charge in [-0.15, -0.1) is 0 Å². The number of carboxylic acid groups (broad SMARTS) is 1. The van der Waals surface area contributed by atoms with Gasteiger partial charge in [0.1, 0.15) is 5.75 Å². The average molecular weight is 411 g/mol. The molecule has 2 aromatic carbocycles. The number of rotatable bonds is 4. The zero-order valence-electron chi connectivity index (χ0n) is 15.9. The number of carboxylic acids is 1. The highest BCUT2D eigenvalue weighted by Gasteiger charge is 2.35. The number of hydrogen-bond donors (Lipinski definition) is 1. The van der Waals surface area contributed by atoms with Gasteiger partial charge in [-0.2, -0.15) is 4.31 Å². The molecule has 0 spiro atoms. The normalized spacial score (nSPS) is 21.1. The Morgan fingerprint density at radius 2 is 1.83 bits per heavy atom. The molecular weight excluding hydrogens is 390 g/mol. The zero-order valence-corrected chi connectivity index (χ0v) is 16.7. The first kappa shape index (κ1) is 19.4. The van der Waals surface area contributed by atoms with Crippen LogP contribution >= 0.6 is 0 Å². The van der Waals surface area contributed by atoms with Crippen LogP contribution in [0.5, 0.6) is 5.75 Å². The SMILES string of the molecule is COc1ccc2c(c1)C1C=CC=CC1CN(S(=O)(=O)c1ccc(C(=O)O)cc1)C2. The summed E-state index contributed by atoms with van der Waals surface area (Å²) in [5.74, 6) is -0.277. The number of ether oxygens (including phenoxy) is 1. The van der Waals surface area contributed by atoms with Gasteiger partial charge in [-0.3, -0.25) is 0 Å². The smallest absolute Gasteiger partial charge is 0.335 e. The maximum atomic E-state index is 13.3. The van der Waals surface area contributed by atoms with Crippen LogP contribution in [0.4, 0.5) is 0 Å². The monoisotopic (exact) mass is 411 g/mol. The largest absolute Gasteiger partial charge is 0.497 e. The summed E-state index contributed by atoms with van der Waals surface area (Å²) >= 11 is 0. The van der Waals surface area contributed by atoms with Crippen molar-refractivity contribution in [2.75, 3.05) is 13.7 Å². The number of nitrogens with zero attached hydrogens (tertiary/aromatic N) is 1. The fraction of sp³-hybridized carbons (Fsp3) is 0.227. The molecule has 0 bridgehead atoms. The van der Waals surface area contributed by atoms with Gasteiger partial charge in [0.15, 0.2) is 0 Å². The average Bonchev–Trinajstić information content (AvgIpc) is 2.90. The van der Waals surface area contributed by atoms with Gasteiger partial charge in [0.05, 0.1) is 17.6 Å². The Bertz CT molecular complexity index is 1100. The molecule has 0 saturated carbocycles. The number of aromatic carboxylic acids is 1. The van der Waals surface area contributed by atoms with E-state index in [0.29, 0.717) is 6.54 Å². The number of allylic oxidation sites excluding steroid dienone is 3. The van der Waals surface area contributed by atoms with Crippen LogP contribution < -0.4 is 4.74 Å². The molecule has 7 heteroatoms. The second-order valence-electron chi connectivity index (χ2n) is 7.15. The van der Waals surface area contributed by atoms with Crippen LogP contribution in [0.3, 0.4) is 0 Å². The van der Waals surface area contributed by atoms with Crippen LogP contribution in [0.2, 0.25) is 0 Å². The van der Waals surface area contributed by atoms with Crippen LogP contribution in [-0.4, -0.2) is 37.5 Å². The molecule has 4 rings (SSSR count). The van der Waals surface area contributed by atoms with E-state index in [4.69, 9.17) is 9.84 Å². The van der Waals surface area contributed by atoms with E-state index in [0.717, 1.165) is 16.9 Å². The summed E-state index contributed by atoms with van der Waals surface area (Å²) in [4.78, 5) is 11.2. The molecule has 2 atom stereocenters. The number of fused-ring (bicyclic) bond motifs is 3. The molecule has 1 N–H and O–H groups in total. The van der Waals surface area contributed by atoms with Crippen molar-refractivity contribution in [2.24, 2.45) is 5.92 Å². The molecule has 2 aromatic rings. The Morgan fingerprint density at radius 3 is 2.52 bits per heavy atom. The van der Waals surface area contributed by atoms with E-state index in [1.165, 1.54) is 28.6 Å². The Labute approximate surface area is 169 Å². The fourth-order valence-electron chi connectivity index (χ4n) is 3.91. The molecular formula is C22H21NO5S. The van der Waals surface area contributed by atoms with Crippen LogP contribution in [-0.2, 0) is 16.6 Å². The topological polar surface area (TPSA) is 83.9 Å². The van der Waals surface area contributed by atoms with E-state index < -0.39 is 16.0 Å². The summed E-state index contributed by atoms with van der Waals surface area (Å²) in [6.07, 6.45) is 8.06. The summed E-state index contributed by atoms with van der Waals surface area (Å²) < 4.78 is 33.5. The molecule has 6 nitrogen and oxygen atoms in total. The lowest BCUT2D eigenvalue weighted by Gasteiger charge is -2.26. The summed E-state index contributed by atoms with van der Waals surface area (Å²) in [6.45, 7) is 0.586. The van der Waals surface area contributed by atoms with Gasteiger partial charge >= 0.3 is 5.97 Å². The maximum absolute atomic E-state index is 13.3. The van der Waals surface area contributed by atoms with Crippen LogP contribution in [0, 0.1) is 5.92 Å². The molecule has 150 valence electrons. The van der Waals surface area contributed by atoms with Gasteiger partial charge < -0.3 is 9.84 Å². The number of sulfonamides is 1. The highest BCUT2D eigenvalue weighted by atomic mass is 32.2. The minimum Gasteiger partial charge on any atom is -0.497 e. The summed E-state index contributed by atoms with van der Waals surface area (Å²) in [7, 11) is -2.17. The summed E-state index contributed by atoms with van der Waals surface area (Å²) in [5.41, 5.74) is 2.05. The number of carbonyl (C=O) groups is 1. The Morgan fingerprint density at radius 1 is 1.10 bits per heavy atom. The van der Waals surface area contributed by atoms with Crippen LogP contribution in [0.25, 0.3) is 0 Å². The second kappa shape index (κ2) is 7.50.